The third kappa shape index (κ3) is 4.16. The Balaban J connectivity index is 1.13. The fraction of sp³-hybridized carbons (Fsp3) is 0.385. The first kappa shape index (κ1) is 22.5. The minimum Gasteiger partial charge on any atom is -0.486 e. The molecule has 0 N–H and O–H groups in total. The SMILES string of the molecule is O=C(C1CCN(c2ccc3c(c2)OCCO3)C1=O)N1CCCC(c2nc(-c3cccc(F)c3)no2)C1. The van der Waals surface area contributed by atoms with Crippen LogP contribution in [-0.4, -0.2) is 59.7 Å². The van der Waals surface area contributed by atoms with E-state index in [1.807, 2.05) is 6.07 Å². The van der Waals surface area contributed by atoms with Crippen LogP contribution < -0.4 is 14.4 Å². The highest BCUT2D eigenvalue weighted by Crippen LogP contribution is 2.37. The number of aromatic nitrogens is 2. The third-order valence-corrected chi connectivity index (χ3v) is 6.95. The molecular weight excluding hydrogens is 467 g/mol. The Morgan fingerprint density at radius 3 is 2.75 bits per heavy atom. The molecule has 0 radical (unpaired) electrons. The van der Waals surface area contributed by atoms with Gasteiger partial charge in [-0.05, 0) is 43.5 Å². The van der Waals surface area contributed by atoms with Gasteiger partial charge in [0.15, 0.2) is 11.5 Å². The number of fused-ring (bicyclic) bond motifs is 1. The zero-order chi connectivity index (χ0) is 24.6. The number of piperidine rings is 1. The van der Waals surface area contributed by atoms with Gasteiger partial charge in [0.2, 0.25) is 23.5 Å². The van der Waals surface area contributed by atoms with Crippen LogP contribution in [0.3, 0.4) is 0 Å². The van der Waals surface area contributed by atoms with Crippen LogP contribution in [0.2, 0.25) is 0 Å². The molecule has 9 nitrogen and oxygen atoms in total. The smallest absolute Gasteiger partial charge is 0.239 e. The minimum atomic E-state index is -0.720. The molecule has 10 heteroatoms. The average Bonchev–Trinajstić information content (AvgIpc) is 3.55. The molecule has 3 aliphatic heterocycles. The molecule has 4 heterocycles. The van der Waals surface area contributed by atoms with E-state index in [9.17, 15) is 14.0 Å². The van der Waals surface area contributed by atoms with Crippen molar-refractivity contribution < 1.29 is 28.0 Å². The Morgan fingerprint density at radius 1 is 1.03 bits per heavy atom. The van der Waals surface area contributed by atoms with Crippen molar-refractivity contribution in [1.82, 2.24) is 15.0 Å². The van der Waals surface area contributed by atoms with E-state index in [0.29, 0.717) is 73.7 Å². The first-order chi connectivity index (χ1) is 17.6. The Bertz CT molecular complexity index is 1310. The van der Waals surface area contributed by atoms with E-state index in [1.54, 1.807) is 34.1 Å². The van der Waals surface area contributed by atoms with Gasteiger partial charge in [-0.15, -0.1) is 0 Å². The first-order valence-electron chi connectivity index (χ1n) is 12.2. The lowest BCUT2D eigenvalue weighted by atomic mass is 9.96. The van der Waals surface area contributed by atoms with Crippen molar-refractivity contribution in [2.45, 2.75) is 25.2 Å². The number of likely N-dealkylation sites (tertiary alicyclic amines) is 1. The molecule has 1 aromatic heterocycles. The summed E-state index contributed by atoms with van der Waals surface area (Å²) in [4.78, 5) is 34.5. The number of rotatable bonds is 4. The van der Waals surface area contributed by atoms with Crippen molar-refractivity contribution in [3.63, 3.8) is 0 Å². The second-order valence-electron chi connectivity index (χ2n) is 9.25. The Morgan fingerprint density at radius 2 is 1.89 bits per heavy atom. The van der Waals surface area contributed by atoms with Gasteiger partial charge < -0.3 is 23.8 Å². The maximum absolute atomic E-state index is 13.6. The van der Waals surface area contributed by atoms with Gasteiger partial charge >= 0.3 is 0 Å². The molecule has 2 aromatic carbocycles. The zero-order valence-corrected chi connectivity index (χ0v) is 19.6. The molecule has 3 aromatic rings. The van der Waals surface area contributed by atoms with Gasteiger partial charge in [0.1, 0.15) is 24.9 Å². The molecule has 0 aliphatic carbocycles. The first-order valence-corrected chi connectivity index (χ1v) is 12.2. The van der Waals surface area contributed by atoms with Crippen molar-refractivity contribution in [1.29, 1.82) is 0 Å². The second kappa shape index (κ2) is 9.25. The molecular formula is C26H25FN4O5. The van der Waals surface area contributed by atoms with Crippen molar-refractivity contribution in [2.24, 2.45) is 5.92 Å². The predicted octanol–water partition coefficient (Wildman–Crippen LogP) is 3.41. The number of amides is 2. The van der Waals surface area contributed by atoms with E-state index in [0.717, 1.165) is 12.8 Å². The fourth-order valence-corrected chi connectivity index (χ4v) is 5.11. The summed E-state index contributed by atoms with van der Waals surface area (Å²) in [5, 5.41) is 4.00. The van der Waals surface area contributed by atoms with E-state index in [1.165, 1.54) is 12.1 Å². The summed E-state index contributed by atoms with van der Waals surface area (Å²) in [7, 11) is 0. The van der Waals surface area contributed by atoms with E-state index >= 15 is 0 Å². The van der Waals surface area contributed by atoms with Gasteiger partial charge in [0.05, 0.1) is 5.92 Å². The lowest BCUT2D eigenvalue weighted by Crippen LogP contribution is -2.44. The molecule has 2 unspecified atom stereocenters. The van der Waals surface area contributed by atoms with Crippen LogP contribution in [0.1, 0.15) is 31.1 Å². The summed E-state index contributed by atoms with van der Waals surface area (Å²) in [5.74, 6) is 0.392. The van der Waals surface area contributed by atoms with Crippen molar-refractivity contribution >= 4 is 17.5 Å². The Kier molecular flexibility index (Phi) is 5.79. The number of halogens is 1. The third-order valence-electron chi connectivity index (χ3n) is 6.95. The maximum atomic E-state index is 13.6. The quantitative estimate of drug-likeness (QED) is 0.515. The number of ether oxygens (including phenoxy) is 2. The summed E-state index contributed by atoms with van der Waals surface area (Å²) in [5.41, 5.74) is 1.23. The maximum Gasteiger partial charge on any atom is 0.239 e. The van der Waals surface area contributed by atoms with Gasteiger partial charge in [-0.1, -0.05) is 17.3 Å². The number of hydrogen-bond donors (Lipinski definition) is 0. The standard InChI is InChI=1S/C26H25FN4O5/c27-18-5-1-3-16(13-18)23-28-24(36-29-23)17-4-2-9-30(15-17)25(32)20-8-10-31(26(20)33)19-6-7-21-22(14-19)35-12-11-34-21/h1,3,5-7,13-14,17,20H,2,4,8-12,15H2. The van der Waals surface area contributed by atoms with Gasteiger partial charge in [-0.2, -0.15) is 4.98 Å². The number of carbonyl (C=O) groups is 2. The summed E-state index contributed by atoms with van der Waals surface area (Å²) in [6.45, 7) is 2.40. The zero-order valence-electron chi connectivity index (χ0n) is 19.6. The highest BCUT2D eigenvalue weighted by atomic mass is 19.1. The van der Waals surface area contributed by atoms with E-state index < -0.39 is 5.92 Å². The largest absolute Gasteiger partial charge is 0.486 e. The van der Waals surface area contributed by atoms with Crippen LogP contribution in [-0.2, 0) is 9.59 Å². The molecule has 0 spiro atoms. The van der Waals surface area contributed by atoms with Gasteiger partial charge in [-0.3, -0.25) is 9.59 Å². The number of carbonyl (C=O) groups excluding carboxylic acids is 2. The topological polar surface area (TPSA) is 98.0 Å². The summed E-state index contributed by atoms with van der Waals surface area (Å²) >= 11 is 0. The Labute approximate surface area is 206 Å². The van der Waals surface area contributed by atoms with Crippen LogP contribution in [0.4, 0.5) is 10.1 Å². The van der Waals surface area contributed by atoms with E-state index in [2.05, 4.69) is 10.1 Å². The molecule has 36 heavy (non-hydrogen) atoms. The number of anilines is 1. The normalized spacial score (nSPS) is 21.6. The van der Waals surface area contributed by atoms with Crippen LogP contribution >= 0.6 is 0 Å². The average molecular weight is 493 g/mol. The van der Waals surface area contributed by atoms with Crippen molar-refractivity contribution in [3.05, 3.63) is 54.2 Å². The second-order valence-corrected chi connectivity index (χ2v) is 9.25. The van der Waals surface area contributed by atoms with Gasteiger partial charge in [-0.25, -0.2) is 4.39 Å². The van der Waals surface area contributed by atoms with Crippen LogP contribution in [0.25, 0.3) is 11.4 Å². The molecule has 0 bridgehead atoms. The lowest BCUT2D eigenvalue weighted by molar-refractivity contribution is -0.141. The highest BCUT2D eigenvalue weighted by molar-refractivity contribution is 6.09. The summed E-state index contributed by atoms with van der Waals surface area (Å²) in [6.07, 6.45) is 2.01. The fourth-order valence-electron chi connectivity index (χ4n) is 5.11. The molecule has 0 saturated carbocycles. The van der Waals surface area contributed by atoms with Gasteiger partial charge in [0, 0.05) is 37.0 Å². The number of nitrogens with zero attached hydrogens (tertiary/aromatic N) is 4. The molecule has 2 atom stereocenters. The van der Waals surface area contributed by atoms with Crippen LogP contribution in [0.15, 0.2) is 47.0 Å². The predicted molar refractivity (Wildman–Crippen MR) is 126 cm³/mol. The monoisotopic (exact) mass is 492 g/mol. The minimum absolute atomic E-state index is 0.136. The molecule has 3 aliphatic rings. The van der Waals surface area contributed by atoms with E-state index in [4.69, 9.17) is 14.0 Å². The lowest BCUT2D eigenvalue weighted by Gasteiger charge is -2.32. The number of benzene rings is 2. The molecule has 186 valence electrons. The van der Waals surface area contributed by atoms with Crippen molar-refractivity contribution in [2.75, 3.05) is 37.7 Å². The molecule has 2 saturated heterocycles. The summed E-state index contributed by atoms with van der Waals surface area (Å²) in [6, 6.07) is 11.4. The highest BCUT2D eigenvalue weighted by Gasteiger charge is 2.41. The molecule has 2 fully saturated rings. The molecule has 6 rings (SSSR count). The van der Waals surface area contributed by atoms with Gasteiger partial charge in [0.25, 0.3) is 0 Å². The number of hydrogen-bond acceptors (Lipinski definition) is 7. The van der Waals surface area contributed by atoms with E-state index in [-0.39, 0.29) is 23.5 Å². The molecule has 2 amide bonds. The Hall–Kier alpha value is -3.95. The van der Waals surface area contributed by atoms with Crippen LogP contribution in [0, 0.1) is 11.7 Å². The summed E-state index contributed by atoms with van der Waals surface area (Å²) < 4.78 is 30.2. The van der Waals surface area contributed by atoms with Crippen LogP contribution in [0.5, 0.6) is 11.5 Å². The van der Waals surface area contributed by atoms with Crippen molar-refractivity contribution in [3.8, 4) is 22.9 Å².